The van der Waals surface area contributed by atoms with Crippen LogP contribution in [0.4, 0.5) is 0 Å². The normalized spacial score (nSPS) is 15.6. The summed E-state index contributed by atoms with van der Waals surface area (Å²) in [5.74, 6) is -0.00875. The predicted octanol–water partition coefficient (Wildman–Crippen LogP) is 4.38. The van der Waals surface area contributed by atoms with Gasteiger partial charge in [-0.15, -0.1) is 0 Å². The van der Waals surface area contributed by atoms with Crippen molar-refractivity contribution in [2.24, 2.45) is 0 Å². The molecule has 21 heavy (non-hydrogen) atoms. The van der Waals surface area contributed by atoms with Gasteiger partial charge in [-0.25, -0.2) is 0 Å². The Morgan fingerprint density at radius 1 is 1.05 bits per heavy atom. The van der Waals surface area contributed by atoms with Crippen molar-refractivity contribution in [1.29, 1.82) is 0 Å². The molecular weight excluding hydrogens is 282 g/mol. The number of rotatable bonds is 3. The minimum absolute atomic E-state index is 0.00875. The molecule has 1 aliphatic rings. The number of benzene rings is 2. The van der Waals surface area contributed by atoms with Crippen molar-refractivity contribution in [2.75, 3.05) is 0 Å². The van der Waals surface area contributed by atoms with Crippen LogP contribution in [0.5, 0.6) is 0 Å². The summed E-state index contributed by atoms with van der Waals surface area (Å²) in [6, 6.07) is 13.6. The molecule has 1 amide bonds. The Bertz CT molecular complexity index is 687. The molecule has 0 aliphatic heterocycles. The molecule has 1 N–H and O–H groups in total. The number of nitrogens with one attached hydrogen (secondary N) is 1. The van der Waals surface area contributed by atoms with Gasteiger partial charge < -0.3 is 5.32 Å². The van der Waals surface area contributed by atoms with E-state index >= 15 is 0 Å². The van der Waals surface area contributed by atoms with Gasteiger partial charge in [0.15, 0.2) is 0 Å². The number of amides is 1. The SMILES string of the molecule is Cc1ccc(C(=O)NC2(c3ccc(Cl)cc3)CC2)cc1C. The third-order valence-electron chi connectivity index (χ3n) is 4.27. The van der Waals surface area contributed by atoms with Gasteiger partial charge in [-0.1, -0.05) is 29.8 Å². The maximum atomic E-state index is 12.5. The molecule has 0 radical (unpaired) electrons. The maximum absolute atomic E-state index is 12.5. The summed E-state index contributed by atoms with van der Waals surface area (Å²) < 4.78 is 0. The number of carbonyl (C=O) groups excluding carboxylic acids is 1. The van der Waals surface area contributed by atoms with Gasteiger partial charge in [0, 0.05) is 10.6 Å². The molecule has 2 aromatic rings. The maximum Gasteiger partial charge on any atom is 0.251 e. The van der Waals surface area contributed by atoms with Gasteiger partial charge in [0.2, 0.25) is 0 Å². The first kappa shape index (κ1) is 14.2. The molecule has 3 heteroatoms. The average Bonchev–Trinajstić information content (AvgIpc) is 3.23. The Labute approximate surface area is 130 Å². The molecule has 0 bridgehead atoms. The summed E-state index contributed by atoms with van der Waals surface area (Å²) >= 11 is 5.93. The van der Waals surface area contributed by atoms with Crippen LogP contribution in [0.1, 0.15) is 39.9 Å². The molecule has 2 aromatic carbocycles. The summed E-state index contributed by atoms with van der Waals surface area (Å²) in [7, 11) is 0. The van der Waals surface area contributed by atoms with Gasteiger partial charge in [-0.3, -0.25) is 4.79 Å². The van der Waals surface area contributed by atoms with E-state index in [0.29, 0.717) is 0 Å². The van der Waals surface area contributed by atoms with Gasteiger partial charge in [-0.05, 0) is 67.6 Å². The second-order valence-electron chi connectivity index (χ2n) is 5.84. The van der Waals surface area contributed by atoms with E-state index in [-0.39, 0.29) is 11.4 Å². The monoisotopic (exact) mass is 299 g/mol. The fraction of sp³-hybridized carbons (Fsp3) is 0.278. The Morgan fingerprint density at radius 3 is 2.29 bits per heavy atom. The van der Waals surface area contributed by atoms with E-state index in [1.54, 1.807) is 0 Å². The Balaban J connectivity index is 1.81. The number of hydrogen-bond donors (Lipinski definition) is 1. The highest BCUT2D eigenvalue weighted by atomic mass is 35.5. The lowest BCUT2D eigenvalue weighted by Gasteiger charge is -2.18. The topological polar surface area (TPSA) is 29.1 Å². The van der Waals surface area contributed by atoms with Gasteiger partial charge in [0.1, 0.15) is 0 Å². The first-order valence-electron chi connectivity index (χ1n) is 7.16. The summed E-state index contributed by atoms with van der Waals surface area (Å²) in [6.07, 6.45) is 1.95. The van der Waals surface area contributed by atoms with E-state index in [1.807, 2.05) is 56.3 Å². The highest BCUT2D eigenvalue weighted by molar-refractivity contribution is 6.30. The minimum atomic E-state index is -0.208. The lowest BCUT2D eigenvalue weighted by molar-refractivity contribution is 0.0930. The molecular formula is C18H18ClNO. The molecule has 2 nitrogen and oxygen atoms in total. The predicted molar refractivity (Wildman–Crippen MR) is 85.7 cm³/mol. The Kier molecular flexibility index (Phi) is 3.50. The first-order valence-corrected chi connectivity index (χ1v) is 7.54. The number of halogens is 1. The van der Waals surface area contributed by atoms with Crippen LogP contribution in [0.3, 0.4) is 0 Å². The van der Waals surface area contributed by atoms with Crippen molar-refractivity contribution in [2.45, 2.75) is 32.2 Å². The van der Waals surface area contributed by atoms with E-state index in [1.165, 1.54) is 5.56 Å². The molecule has 0 spiro atoms. The Hall–Kier alpha value is -1.80. The van der Waals surface area contributed by atoms with Gasteiger partial charge in [0.05, 0.1) is 5.54 Å². The van der Waals surface area contributed by atoms with Gasteiger partial charge in [-0.2, -0.15) is 0 Å². The van der Waals surface area contributed by atoms with Crippen molar-refractivity contribution in [3.05, 3.63) is 69.7 Å². The van der Waals surface area contributed by atoms with E-state index in [2.05, 4.69) is 5.32 Å². The highest BCUT2D eigenvalue weighted by Gasteiger charge is 2.45. The van der Waals surface area contributed by atoms with Crippen LogP contribution in [0, 0.1) is 13.8 Å². The fourth-order valence-corrected chi connectivity index (χ4v) is 2.68. The molecule has 0 heterocycles. The Morgan fingerprint density at radius 2 is 1.71 bits per heavy atom. The zero-order valence-electron chi connectivity index (χ0n) is 12.2. The largest absolute Gasteiger partial charge is 0.343 e. The van der Waals surface area contributed by atoms with Crippen molar-refractivity contribution < 1.29 is 4.79 Å². The van der Waals surface area contributed by atoms with Crippen LogP contribution in [-0.4, -0.2) is 5.91 Å². The molecule has 1 fully saturated rings. The lowest BCUT2D eigenvalue weighted by Crippen LogP contribution is -2.34. The summed E-state index contributed by atoms with van der Waals surface area (Å²) in [4.78, 5) is 12.5. The smallest absolute Gasteiger partial charge is 0.251 e. The van der Waals surface area contributed by atoms with Crippen molar-refractivity contribution in [1.82, 2.24) is 5.32 Å². The van der Waals surface area contributed by atoms with Crippen molar-refractivity contribution in [3.63, 3.8) is 0 Å². The molecule has 0 saturated heterocycles. The van der Waals surface area contributed by atoms with Crippen LogP contribution in [-0.2, 0) is 5.54 Å². The van der Waals surface area contributed by atoms with Gasteiger partial charge in [0.25, 0.3) is 5.91 Å². The second-order valence-corrected chi connectivity index (χ2v) is 6.28. The molecule has 1 aliphatic carbocycles. The number of hydrogen-bond acceptors (Lipinski definition) is 1. The zero-order valence-corrected chi connectivity index (χ0v) is 13.0. The molecule has 3 rings (SSSR count). The third kappa shape index (κ3) is 2.81. The molecule has 1 saturated carbocycles. The van der Waals surface area contributed by atoms with E-state index in [4.69, 9.17) is 11.6 Å². The summed E-state index contributed by atoms with van der Waals surface area (Å²) in [5, 5.41) is 3.90. The van der Waals surface area contributed by atoms with E-state index in [0.717, 1.165) is 34.6 Å². The van der Waals surface area contributed by atoms with Crippen molar-refractivity contribution >= 4 is 17.5 Å². The van der Waals surface area contributed by atoms with E-state index in [9.17, 15) is 4.79 Å². The first-order chi connectivity index (χ1) is 10.00. The van der Waals surface area contributed by atoms with Crippen LogP contribution in [0.15, 0.2) is 42.5 Å². The lowest BCUT2D eigenvalue weighted by atomic mass is 10.0. The fourth-order valence-electron chi connectivity index (χ4n) is 2.55. The van der Waals surface area contributed by atoms with Crippen LogP contribution in [0.25, 0.3) is 0 Å². The molecule has 0 unspecified atom stereocenters. The van der Waals surface area contributed by atoms with Gasteiger partial charge >= 0.3 is 0 Å². The molecule has 0 aromatic heterocycles. The summed E-state index contributed by atoms with van der Waals surface area (Å²) in [6.45, 7) is 4.07. The van der Waals surface area contributed by atoms with Crippen LogP contribution >= 0.6 is 11.6 Å². The molecule has 0 atom stereocenters. The van der Waals surface area contributed by atoms with Crippen LogP contribution < -0.4 is 5.32 Å². The molecule has 108 valence electrons. The van der Waals surface area contributed by atoms with Crippen LogP contribution in [0.2, 0.25) is 5.02 Å². The third-order valence-corrected chi connectivity index (χ3v) is 4.52. The zero-order chi connectivity index (χ0) is 15.0. The minimum Gasteiger partial charge on any atom is -0.343 e. The average molecular weight is 300 g/mol. The highest BCUT2D eigenvalue weighted by Crippen LogP contribution is 2.45. The summed E-state index contributed by atoms with van der Waals surface area (Å²) in [5.41, 5.74) is 3.98. The van der Waals surface area contributed by atoms with Crippen molar-refractivity contribution in [3.8, 4) is 0 Å². The van der Waals surface area contributed by atoms with E-state index < -0.39 is 0 Å². The second kappa shape index (κ2) is 5.19. The number of aryl methyl sites for hydroxylation is 2. The quantitative estimate of drug-likeness (QED) is 0.895. The number of carbonyl (C=O) groups is 1. The standard InChI is InChI=1S/C18H18ClNO/c1-12-3-4-14(11-13(12)2)17(21)20-18(9-10-18)15-5-7-16(19)8-6-15/h3-8,11H,9-10H2,1-2H3,(H,20,21).